The van der Waals surface area contributed by atoms with Crippen LogP contribution in [0.4, 0.5) is 5.69 Å². The molecule has 0 spiro atoms. The number of hydrogen-bond acceptors (Lipinski definition) is 5. The topological polar surface area (TPSA) is 93.7 Å². The lowest BCUT2D eigenvalue weighted by Crippen LogP contribution is -2.56. The lowest BCUT2D eigenvalue weighted by Gasteiger charge is -2.59. The summed E-state index contributed by atoms with van der Waals surface area (Å²) in [5, 5.41) is 5.81. The van der Waals surface area contributed by atoms with E-state index in [1.54, 1.807) is 24.3 Å². The highest BCUT2D eigenvalue weighted by Crippen LogP contribution is 2.61. The zero-order chi connectivity index (χ0) is 21.6. The van der Waals surface area contributed by atoms with Crippen molar-refractivity contribution in [3.05, 3.63) is 24.3 Å². The number of nitrogens with one attached hydrogen (secondary N) is 2. The minimum atomic E-state index is -0.962. The highest BCUT2D eigenvalue weighted by atomic mass is 16.5. The van der Waals surface area contributed by atoms with Gasteiger partial charge in [-0.3, -0.25) is 14.4 Å². The fourth-order valence-electron chi connectivity index (χ4n) is 6.73. The van der Waals surface area contributed by atoms with Crippen LogP contribution in [0.1, 0.15) is 51.9 Å². The fraction of sp³-hybridized carbons (Fsp3) is 0.625. The third-order valence-corrected chi connectivity index (χ3v) is 7.80. The number of benzene rings is 1. The molecule has 1 aromatic rings. The standard InChI is InChI=1S/C24H30N2O5/c1-14(24-10-15-6-16(11-24)8-17(7-15)12-24)25-21(27)13-30-22(28)9-20-23(29)26-18-4-2-3-5-19(18)31-20/h2-5,14-17,20H,6-13H2,1H3,(H,25,27)(H,26,29)/t14-,15?,16?,17?,20+,24?/m1/s1. The maximum absolute atomic E-state index is 12.5. The van der Waals surface area contributed by atoms with Crippen molar-refractivity contribution in [2.75, 3.05) is 11.9 Å². The number of rotatable bonds is 6. The number of anilines is 1. The molecule has 31 heavy (non-hydrogen) atoms. The molecule has 0 radical (unpaired) electrons. The van der Waals surface area contributed by atoms with Gasteiger partial charge >= 0.3 is 5.97 Å². The van der Waals surface area contributed by atoms with E-state index in [9.17, 15) is 14.4 Å². The lowest BCUT2D eigenvalue weighted by atomic mass is 9.48. The second-order valence-corrected chi connectivity index (χ2v) is 10.0. The van der Waals surface area contributed by atoms with Crippen molar-refractivity contribution in [2.45, 2.75) is 64.0 Å². The van der Waals surface area contributed by atoms with Gasteiger partial charge in [-0.05, 0) is 80.8 Å². The second kappa shape index (κ2) is 7.84. The molecular formula is C24H30N2O5. The summed E-state index contributed by atoms with van der Waals surface area (Å²) >= 11 is 0. The van der Waals surface area contributed by atoms with Crippen LogP contribution in [-0.2, 0) is 19.1 Å². The molecule has 1 heterocycles. The van der Waals surface area contributed by atoms with Crippen molar-refractivity contribution in [3.8, 4) is 5.75 Å². The van der Waals surface area contributed by atoms with Gasteiger partial charge in [-0.1, -0.05) is 12.1 Å². The third-order valence-electron chi connectivity index (χ3n) is 7.80. The van der Waals surface area contributed by atoms with Gasteiger partial charge in [-0.2, -0.15) is 0 Å². The van der Waals surface area contributed by atoms with Gasteiger partial charge in [0, 0.05) is 6.04 Å². The molecule has 4 saturated carbocycles. The first-order valence-electron chi connectivity index (χ1n) is 11.4. The Hall–Kier alpha value is -2.57. The van der Waals surface area contributed by atoms with Crippen molar-refractivity contribution >= 4 is 23.5 Å². The second-order valence-electron chi connectivity index (χ2n) is 10.0. The van der Waals surface area contributed by atoms with Crippen LogP contribution in [0.25, 0.3) is 0 Å². The van der Waals surface area contributed by atoms with E-state index in [-0.39, 0.29) is 30.4 Å². The Balaban J connectivity index is 1.10. The van der Waals surface area contributed by atoms with Gasteiger partial charge in [0.1, 0.15) is 5.75 Å². The summed E-state index contributed by atoms with van der Waals surface area (Å²) in [7, 11) is 0. The van der Waals surface area contributed by atoms with E-state index in [0.717, 1.165) is 17.8 Å². The summed E-state index contributed by atoms with van der Waals surface area (Å²) in [6.45, 7) is 1.77. The predicted octanol–water partition coefficient (Wildman–Crippen LogP) is 3.04. The molecular weight excluding hydrogens is 396 g/mol. The molecule has 4 bridgehead atoms. The molecule has 6 rings (SSSR count). The maximum Gasteiger partial charge on any atom is 0.310 e. The van der Waals surface area contributed by atoms with Crippen LogP contribution < -0.4 is 15.4 Å². The van der Waals surface area contributed by atoms with Crippen molar-refractivity contribution in [1.82, 2.24) is 5.32 Å². The summed E-state index contributed by atoms with van der Waals surface area (Å²) in [4.78, 5) is 36.8. The average molecular weight is 427 g/mol. The molecule has 166 valence electrons. The Bertz CT molecular complexity index is 862. The Morgan fingerprint density at radius 2 is 1.81 bits per heavy atom. The summed E-state index contributed by atoms with van der Waals surface area (Å²) in [6, 6.07) is 7.13. The fourth-order valence-corrected chi connectivity index (χ4v) is 6.73. The van der Waals surface area contributed by atoms with Crippen LogP contribution in [0.15, 0.2) is 24.3 Å². The highest BCUT2D eigenvalue weighted by Gasteiger charge is 2.53. The van der Waals surface area contributed by atoms with E-state index in [1.165, 1.54) is 38.5 Å². The van der Waals surface area contributed by atoms with Crippen molar-refractivity contribution < 1.29 is 23.9 Å². The highest BCUT2D eigenvalue weighted by molar-refractivity contribution is 5.99. The van der Waals surface area contributed by atoms with Gasteiger partial charge in [0.25, 0.3) is 11.8 Å². The molecule has 0 aromatic heterocycles. The summed E-state index contributed by atoms with van der Waals surface area (Å²) < 4.78 is 10.8. The smallest absolute Gasteiger partial charge is 0.310 e. The number of carbonyl (C=O) groups excluding carboxylic acids is 3. The first-order chi connectivity index (χ1) is 14.9. The number of amides is 2. The quantitative estimate of drug-likeness (QED) is 0.682. The maximum atomic E-state index is 12.5. The molecule has 5 aliphatic rings. The number of esters is 1. The van der Waals surface area contributed by atoms with Gasteiger partial charge in [0.05, 0.1) is 12.1 Å². The Morgan fingerprint density at radius 3 is 2.48 bits per heavy atom. The first-order valence-corrected chi connectivity index (χ1v) is 11.4. The SMILES string of the molecule is C[C@@H](NC(=O)COC(=O)C[C@@H]1Oc2ccccc2NC1=O)C12CC3CC(CC(C3)C1)C2. The molecule has 4 fully saturated rings. The third kappa shape index (κ3) is 4.02. The molecule has 2 amide bonds. The lowest BCUT2D eigenvalue weighted by molar-refractivity contribution is -0.152. The van der Waals surface area contributed by atoms with Crippen LogP contribution in [0.2, 0.25) is 0 Å². The van der Waals surface area contributed by atoms with Gasteiger partial charge in [-0.25, -0.2) is 0 Å². The summed E-state index contributed by atoms with van der Waals surface area (Å²) in [6.07, 6.45) is 6.49. The van der Waals surface area contributed by atoms with Crippen LogP contribution in [0.5, 0.6) is 5.75 Å². The van der Waals surface area contributed by atoms with Gasteiger partial charge in [0.2, 0.25) is 0 Å². The van der Waals surface area contributed by atoms with E-state index in [4.69, 9.17) is 9.47 Å². The molecule has 0 unspecified atom stereocenters. The van der Waals surface area contributed by atoms with Crippen LogP contribution in [-0.4, -0.2) is 36.5 Å². The molecule has 1 aromatic carbocycles. The zero-order valence-corrected chi connectivity index (χ0v) is 17.9. The first kappa shape index (κ1) is 20.3. The largest absolute Gasteiger partial charge is 0.478 e. The van der Waals surface area contributed by atoms with Gasteiger partial charge in [-0.15, -0.1) is 0 Å². The van der Waals surface area contributed by atoms with Crippen LogP contribution >= 0.6 is 0 Å². The number of carbonyl (C=O) groups is 3. The summed E-state index contributed by atoms with van der Waals surface area (Å²) in [5.74, 6) is 1.66. The van der Waals surface area contributed by atoms with Crippen molar-refractivity contribution in [2.24, 2.45) is 23.2 Å². The molecule has 2 atom stereocenters. The Morgan fingerprint density at radius 1 is 1.16 bits per heavy atom. The molecule has 2 N–H and O–H groups in total. The van der Waals surface area contributed by atoms with Gasteiger partial charge < -0.3 is 20.1 Å². The molecule has 0 saturated heterocycles. The molecule has 7 nitrogen and oxygen atoms in total. The minimum Gasteiger partial charge on any atom is -0.478 e. The van der Waals surface area contributed by atoms with Gasteiger partial charge in [0.15, 0.2) is 12.7 Å². The van der Waals surface area contributed by atoms with Crippen molar-refractivity contribution in [3.63, 3.8) is 0 Å². The van der Waals surface area contributed by atoms with E-state index >= 15 is 0 Å². The summed E-state index contributed by atoms with van der Waals surface area (Å²) in [5.41, 5.74) is 0.783. The van der Waals surface area contributed by atoms with E-state index in [1.807, 2.05) is 0 Å². The Labute approximate surface area is 182 Å². The number of para-hydroxylation sites is 2. The van der Waals surface area contributed by atoms with Crippen molar-refractivity contribution in [1.29, 1.82) is 0 Å². The molecule has 4 aliphatic carbocycles. The molecule has 1 aliphatic heterocycles. The van der Waals surface area contributed by atoms with Crippen LogP contribution in [0, 0.1) is 23.2 Å². The number of hydrogen-bond donors (Lipinski definition) is 2. The zero-order valence-electron chi connectivity index (χ0n) is 17.9. The number of ether oxygens (including phenoxy) is 2. The average Bonchev–Trinajstić information content (AvgIpc) is 2.72. The normalized spacial score (nSPS) is 33.6. The van der Waals surface area contributed by atoms with Crippen LogP contribution in [0.3, 0.4) is 0 Å². The Kier molecular flexibility index (Phi) is 5.15. The van der Waals surface area contributed by atoms with E-state index < -0.39 is 18.0 Å². The number of fused-ring (bicyclic) bond motifs is 1. The monoisotopic (exact) mass is 426 g/mol. The minimum absolute atomic E-state index is 0.0797. The van der Waals surface area contributed by atoms with E-state index in [0.29, 0.717) is 11.4 Å². The predicted molar refractivity (Wildman–Crippen MR) is 113 cm³/mol. The van der Waals surface area contributed by atoms with E-state index in [2.05, 4.69) is 17.6 Å². The molecule has 7 heteroatoms.